The number of aliphatic hydroxyl groups is 2. The van der Waals surface area contributed by atoms with Gasteiger partial charge in [0.15, 0.2) is 5.60 Å². The largest absolute Gasteiger partial charge is 0.390 e. The predicted molar refractivity (Wildman–Crippen MR) is 61.5 cm³/mol. The lowest BCUT2D eigenvalue weighted by atomic mass is 9.80. The summed E-state index contributed by atoms with van der Waals surface area (Å²) in [5, 5.41) is 21.3. The molecule has 1 spiro atoms. The summed E-state index contributed by atoms with van der Waals surface area (Å²) in [6, 6.07) is 7.98. The van der Waals surface area contributed by atoms with E-state index in [2.05, 4.69) is 6.07 Å². The maximum atomic E-state index is 11.0. The van der Waals surface area contributed by atoms with Gasteiger partial charge >= 0.3 is 0 Å². The van der Waals surface area contributed by atoms with E-state index < -0.39 is 17.3 Å². The third-order valence-electron chi connectivity index (χ3n) is 4.82. The molecule has 2 fully saturated rings. The van der Waals surface area contributed by atoms with Gasteiger partial charge in [0.25, 0.3) is 0 Å². The van der Waals surface area contributed by atoms with E-state index in [0.29, 0.717) is 12.8 Å². The summed E-state index contributed by atoms with van der Waals surface area (Å²) < 4.78 is 5.70. The summed E-state index contributed by atoms with van der Waals surface area (Å²) in [5.74, 6) is 0. The second-order valence-corrected chi connectivity index (χ2v) is 5.51. The number of epoxide rings is 1. The molecule has 0 aromatic heterocycles. The maximum absolute atomic E-state index is 11.0. The van der Waals surface area contributed by atoms with Crippen LogP contribution in [0.2, 0.25) is 0 Å². The van der Waals surface area contributed by atoms with Crippen LogP contribution in [0.3, 0.4) is 0 Å². The fourth-order valence-corrected chi connectivity index (χ4v) is 3.94. The third kappa shape index (κ3) is 0.992. The number of aryl methyl sites for hydroxylation is 1. The van der Waals surface area contributed by atoms with Crippen LogP contribution < -0.4 is 0 Å². The lowest BCUT2D eigenvalue weighted by Crippen LogP contribution is -2.47. The molecule has 0 amide bonds. The Balaban J connectivity index is 1.95. The van der Waals surface area contributed by atoms with Crippen molar-refractivity contribution < 1.29 is 14.9 Å². The van der Waals surface area contributed by atoms with Gasteiger partial charge in [-0.1, -0.05) is 24.3 Å². The van der Waals surface area contributed by atoms with Crippen LogP contribution in [0.1, 0.15) is 30.4 Å². The minimum atomic E-state index is -0.982. The van der Waals surface area contributed by atoms with Crippen molar-refractivity contribution in [2.24, 2.45) is 0 Å². The van der Waals surface area contributed by atoms with Crippen molar-refractivity contribution in [1.29, 1.82) is 0 Å². The van der Waals surface area contributed by atoms with Crippen LogP contribution in [-0.2, 0) is 16.8 Å². The molecule has 1 heterocycles. The Morgan fingerprint density at radius 3 is 2.88 bits per heavy atom. The molecule has 1 aromatic rings. The Morgan fingerprint density at radius 1 is 1.24 bits per heavy atom. The average Bonchev–Trinajstić information content (AvgIpc) is 3.04. The van der Waals surface area contributed by atoms with E-state index >= 15 is 0 Å². The van der Waals surface area contributed by atoms with Gasteiger partial charge in [0, 0.05) is 0 Å². The molecular weight excluding hydrogens is 216 g/mol. The van der Waals surface area contributed by atoms with E-state index in [-0.39, 0.29) is 6.10 Å². The molecule has 0 bridgehead atoms. The van der Waals surface area contributed by atoms with Gasteiger partial charge in [-0.3, -0.25) is 0 Å². The highest BCUT2D eigenvalue weighted by Crippen LogP contribution is 2.64. The summed E-state index contributed by atoms with van der Waals surface area (Å²) in [6.07, 6.45) is 2.54. The lowest BCUT2D eigenvalue weighted by molar-refractivity contribution is -0.0947. The van der Waals surface area contributed by atoms with Gasteiger partial charge in [-0.25, -0.2) is 0 Å². The smallest absolute Gasteiger partial charge is 0.153 e. The topological polar surface area (TPSA) is 53.0 Å². The molecule has 4 rings (SSSR count). The first kappa shape index (κ1) is 10.1. The van der Waals surface area contributed by atoms with Crippen molar-refractivity contribution in [3.05, 3.63) is 35.4 Å². The van der Waals surface area contributed by atoms with E-state index in [1.54, 1.807) is 0 Å². The van der Waals surface area contributed by atoms with Crippen LogP contribution in [0.5, 0.6) is 0 Å². The van der Waals surface area contributed by atoms with Crippen LogP contribution in [-0.4, -0.2) is 28.0 Å². The highest BCUT2D eigenvalue weighted by molar-refractivity contribution is 5.42. The molecule has 0 unspecified atom stereocenters. The molecule has 1 saturated heterocycles. The predicted octanol–water partition coefficient (Wildman–Crippen LogP) is 1.11. The number of aliphatic hydroxyl groups excluding tert-OH is 1. The summed E-state index contributed by atoms with van der Waals surface area (Å²) in [5.41, 5.74) is 0.433. The number of ether oxygens (including phenoxy) is 1. The van der Waals surface area contributed by atoms with Crippen molar-refractivity contribution in [1.82, 2.24) is 0 Å². The van der Waals surface area contributed by atoms with Gasteiger partial charge in [0.2, 0.25) is 0 Å². The number of hydrogen-bond acceptors (Lipinski definition) is 3. The molecule has 0 radical (unpaired) electrons. The van der Waals surface area contributed by atoms with Crippen LogP contribution in [0.25, 0.3) is 0 Å². The monoisotopic (exact) mass is 232 g/mol. The maximum Gasteiger partial charge on any atom is 0.153 e. The lowest BCUT2D eigenvalue weighted by Gasteiger charge is -2.33. The first-order valence-corrected chi connectivity index (χ1v) is 6.35. The molecule has 4 atom stereocenters. The van der Waals surface area contributed by atoms with E-state index in [0.717, 1.165) is 24.0 Å². The molecule has 3 aliphatic rings. The van der Waals surface area contributed by atoms with E-state index in [9.17, 15) is 10.2 Å². The quantitative estimate of drug-likeness (QED) is 0.659. The summed E-state index contributed by atoms with van der Waals surface area (Å²) >= 11 is 0. The van der Waals surface area contributed by atoms with Gasteiger partial charge < -0.3 is 14.9 Å². The van der Waals surface area contributed by atoms with Crippen molar-refractivity contribution in [3.8, 4) is 0 Å². The second kappa shape index (κ2) is 2.91. The van der Waals surface area contributed by atoms with Gasteiger partial charge in [0.1, 0.15) is 5.60 Å². The van der Waals surface area contributed by atoms with Gasteiger partial charge in [-0.05, 0) is 36.8 Å². The van der Waals surface area contributed by atoms with Gasteiger partial charge in [0.05, 0.1) is 12.2 Å². The standard InChI is InChI=1S/C14H16O3/c15-11-6-5-9-3-1-2-4-10(9)13(16)8-7-12-14(11,13)17-12/h1-4,11-12,15-16H,5-8H2/t11-,12-,13-,14-/m0/s1. The molecule has 90 valence electrons. The van der Waals surface area contributed by atoms with Crippen molar-refractivity contribution in [2.75, 3.05) is 0 Å². The molecule has 2 N–H and O–H groups in total. The highest BCUT2D eigenvalue weighted by atomic mass is 16.6. The SMILES string of the molecule is O[C@H]1CCc2ccccc2[C@@]2(O)CC[C@@H]3O[C@]312. The molecule has 2 aliphatic carbocycles. The van der Waals surface area contributed by atoms with E-state index in [4.69, 9.17) is 4.74 Å². The van der Waals surface area contributed by atoms with Crippen molar-refractivity contribution in [3.63, 3.8) is 0 Å². The minimum Gasteiger partial charge on any atom is -0.390 e. The summed E-state index contributed by atoms with van der Waals surface area (Å²) in [4.78, 5) is 0. The Kier molecular flexibility index (Phi) is 1.72. The van der Waals surface area contributed by atoms with Crippen LogP contribution >= 0.6 is 0 Å². The first-order chi connectivity index (χ1) is 8.18. The third-order valence-corrected chi connectivity index (χ3v) is 4.82. The summed E-state index contributed by atoms with van der Waals surface area (Å²) in [6.45, 7) is 0. The Morgan fingerprint density at radius 2 is 2.06 bits per heavy atom. The Hall–Kier alpha value is -0.900. The molecule has 1 aliphatic heterocycles. The van der Waals surface area contributed by atoms with Crippen molar-refractivity contribution in [2.45, 2.75) is 49.1 Å². The zero-order valence-electron chi connectivity index (χ0n) is 9.60. The fourth-order valence-electron chi connectivity index (χ4n) is 3.94. The van der Waals surface area contributed by atoms with Crippen LogP contribution in [0.15, 0.2) is 24.3 Å². The fraction of sp³-hybridized carbons (Fsp3) is 0.571. The molecule has 17 heavy (non-hydrogen) atoms. The molecule has 1 saturated carbocycles. The van der Waals surface area contributed by atoms with Crippen molar-refractivity contribution >= 4 is 0 Å². The average molecular weight is 232 g/mol. The molecule has 1 aromatic carbocycles. The zero-order chi connectivity index (χ0) is 11.7. The summed E-state index contributed by atoms with van der Waals surface area (Å²) in [7, 11) is 0. The number of rotatable bonds is 0. The Bertz CT molecular complexity index is 486. The van der Waals surface area contributed by atoms with Gasteiger partial charge in [-0.2, -0.15) is 0 Å². The van der Waals surface area contributed by atoms with Gasteiger partial charge in [-0.15, -0.1) is 0 Å². The zero-order valence-corrected chi connectivity index (χ0v) is 9.60. The van der Waals surface area contributed by atoms with Crippen LogP contribution in [0, 0.1) is 0 Å². The normalized spacial score (nSPS) is 46.7. The second-order valence-electron chi connectivity index (χ2n) is 5.51. The molecule has 3 heteroatoms. The number of fused-ring (bicyclic) bond motifs is 2. The number of benzene rings is 1. The van der Waals surface area contributed by atoms with Crippen LogP contribution in [0.4, 0.5) is 0 Å². The highest BCUT2D eigenvalue weighted by Gasteiger charge is 2.77. The van der Waals surface area contributed by atoms with E-state index in [1.165, 1.54) is 0 Å². The minimum absolute atomic E-state index is 0.0497. The molecule has 3 nitrogen and oxygen atoms in total. The first-order valence-electron chi connectivity index (χ1n) is 6.35. The molecular formula is C14H16O3. The Labute approximate surface area is 100 Å². The van der Waals surface area contributed by atoms with E-state index in [1.807, 2.05) is 18.2 Å². The number of hydrogen-bond donors (Lipinski definition) is 2.